The molecule has 0 aromatic heterocycles. The molecule has 1 aromatic rings. The van der Waals surface area contributed by atoms with Crippen LogP contribution in [0.2, 0.25) is 0 Å². The average molecular weight is 209 g/mol. The van der Waals surface area contributed by atoms with Gasteiger partial charge in [-0.25, -0.2) is 4.39 Å². The van der Waals surface area contributed by atoms with Crippen LogP contribution >= 0.6 is 0 Å². The molecule has 84 valence electrons. The van der Waals surface area contributed by atoms with Crippen molar-refractivity contribution in [1.82, 2.24) is 0 Å². The fraction of sp³-hybridized carbons (Fsp3) is 0.538. The van der Waals surface area contributed by atoms with E-state index in [-0.39, 0.29) is 12.0 Å². The van der Waals surface area contributed by atoms with Crippen molar-refractivity contribution < 1.29 is 4.39 Å². The van der Waals surface area contributed by atoms with Crippen LogP contribution in [0.15, 0.2) is 24.3 Å². The lowest BCUT2D eigenvalue weighted by Crippen LogP contribution is -2.17. The molecule has 15 heavy (non-hydrogen) atoms. The average Bonchev–Trinajstić information content (AvgIpc) is 2.17. The van der Waals surface area contributed by atoms with Gasteiger partial charge in [0.1, 0.15) is 6.17 Å². The molecule has 0 heterocycles. The Morgan fingerprint density at radius 3 is 2.13 bits per heavy atom. The molecule has 0 fully saturated rings. The molecule has 2 N–H and O–H groups in total. The van der Waals surface area contributed by atoms with Gasteiger partial charge >= 0.3 is 0 Å². The summed E-state index contributed by atoms with van der Waals surface area (Å²) in [5.74, 6) is 0. The Balaban J connectivity index is 2.73. The van der Waals surface area contributed by atoms with Gasteiger partial charge in [-0.15, -0.1) is 0 Å². The van der Waals surface area contributed by atoms with E-state index in [1.165, 1.54) is 5.56 Å². The van der Waals surface area contributed by atoms with Crippen molar-refractivity contribution in [1.29, 1.82) is 0 Å². The number of alkyl halides is 1. The number of halogens is 1. The van der Waals surface area contributed by atoms with Gasteiger partial charge < -0.3 is 5.73 Å². The lowest BCUT2D eigenvalue weighted by molar-refractivity contribution is 0.340. The van der Waals surface area contributed by atoms with Crippen molar-refractivity contribution in [2.45, 2.75) is 38.8 Å². The number of nitrogens with two attached hydrogens (primary N) is 1. The molecule has 1 aromatic carbocycles. The number of benzene rings is 1. The van der Waals surface area contributed by atoms with Gasteiger partial charge in [0.15, 0.2) is 0 Å². The second-order valence-electron chi connectivity index (χ2n) is 4.98. The smallest absolute Gasteiger partial charge is 0.116 e. The highest BCUT2D eigenvalue weighted by atomic mass is 19.1. The van der Waals surface area contributed by atoms with Crippen LogP contribution in [0.4, 0.5) is 4.39 Å². The number of hydrogen-bond acceptors (Lipinski definition) is 1. The monoisotopic (exact) mass is 209 g/mol. The Kier molecular flexibility index (Phi) is 3.86. The van der Waals surface area contributed by atoms with Crippen molar-refractivity contribution in [2.24, 2.45) is 5.73 Å². The Hall–Kier alpha value is -0.890. The summed E-state index contributed by atoms with van der Waals surface area (Å²) in [7, 11) is 0. The van der Waals surface area contributed by atoms with E-state index in [0.717, 1.165) is 5.56 Å². The molecule has 0 bridgehead atoms. The van der Waals surface area contributed by atoms with Crippen LogP contribution < -0.4 is 5.73 Å². The fourth-order valence-corrected chi connectivity index (χ4v) is 1.48. The SMILES string of the molecule is CC(C)(C)c1ccc(CC(F)CN)cc1. The van der Waals surface area contributed by atoms with E-state index in [1.54, 1.807) is 0 Å². The van der Waals surface area contributed by atoms with Crippen molar-refractivity contribution in [3.05, 3.63) is 35.4 Å². The van der Waals surface area contributed by atoms with E-state index in [0.29, 0.717) is 6.42 Å². The van der Waals surface area contributed by atoms with Crippen LogP contribution in [0.5, 0.6) is 0 Å². The van der Waals surface area contributed by atoms with Gasteiger partial charge in [0.2, 0.25) is 0 Å². The molecule has 0 saturated heterocycles. The van der Waals surface area contributed by atoms with Crippen LogP contribution in [0, 0.1) is 0 Å². The van der Waals surface area contributed by atoms with E-state index in [9.17, 15) is 4.39 Å². The van der Waals surface area contributed by atoms with E-state index in [4.69, 9.17) is 5.73 Å². The first kappa shape index (κ1) is 12.2. The van der Waals surface area contributed by atoms with Crippen LogP contribution in [0.25, 0.3) is 0 Å². The molecule has 0 aliphatic carbocycles. The Bertz CT molecular complexity index is 297. The van der Waals surface area contributed by atoms with Gasteiger partial charge in [0, 0.05) is 13.0 Å². The topological polar surface area (TPSA) is 26.0 Å². The fourth-order valence-electron chi connectivity index (χ4n) is 1.48. The van der Waals surface area contributed by atoms with Crippen LogP contribution in [0.3, 0.4) is 0 Å². The standard InChI is InChI=1S/C13H20FN/c1-13(2,3)11-6-4-10(5-7-11)8-12(14)9-15/h4-7,12H,8-9,15H2,1-3H3. The third kappa shape index (κ3) is 3.63. The summed E-state index contributed by atoms with van der Waals surface area (Å²) in [4.78, 5) is 0. The van der Waals surface area contributed by atoms with Crippen LogP contribution in [0.1, 0.15) is 31.9 Å². The molecule has 0 amide bonds. The summed E-state index contributed by atoms with van der Waals surface area (Å²) in [6.45, 7) is 6.60. The van der Waals surface area contributed by atoms with Gasteiger partial charge in [0.25, 0.3) is 0 Å². The summed E-state index contributed by atoms with van der Waals surface area (Å²) in [5, 5.41) is 0. The first-order valence-corrected chi connectivity index (χ1v) is 5.37. The molecular weight excluding hydrogens is 189 g/mol. The summed E-state index contributed by atoms with van der Waals surface area (Å²) in [5.41, 5.74) is 7.69. The second kappa shape index (κ2) is 4.75. The molecule has 0 aliphatic rings. The normalized spacial score (nSPS) is 13.9. The minimum absolute atomic E-state index is 0.0982. The lowest BCUT2D eigenvalue weighted by atomic mass is 9.86. The highest BCUT2D eigenvalue weighted by Crippen LogP contribution is 2.22. The summed E-state index contributed by atoms with van der Waals surface area (Å²) in [6, 6.07) is 8.11. The van der Waals surface area contributed by atoms with E-state index in [2.05, 4.69) is 32.9 Å². The third-order valence-corrected chi connectivity index (χ3v) is 2.53. The molecule has 0 spiro atoms. The Morgan fingerprint density at radius 1 is 1.20 bits per heavy atom. The predicted molar refractivity (Wildman–Crippen MR) is 62.8 cm³/mol. The first-order valence-electron chi connectivity index (χ1n) is 5.37. The van der Waals surface area contributed by atoms with E-state index in [1.807, 2.05) is 12.1 Å². The molecule has 1 nitrogen and oxygen atoms in total. The molecule has 0 saturated carbocycles. The first-order chi connectivity index (χ1) is 6.93. The van der Waals surface area contributed by atoms with E-state index >= 15 is 0 Å². The van der Waals surface area contributed by atoms with Crippen molar-refractivity contribution in [3.8, 4) is 0 Å². The zero-order chi connectivity index (χ0) is 11.5. The molecule has 1 unspecified atom stereocenters. The largest absolute Gasteiger partial charge is 0.328 e. The molecule has 1 rings (SSSR count). The minimum atomic E-state index is -0.925. The number of rotatable bonds is 3. The molecule has 1 atom stereocenters. The Morgan fingerprint density at radius 2 is 1.73 bits per heavy atom. The maximum Gasteiger partial charge on any atom is 0.116 e. The van der Waals surface area contributed by atoms with Gasteiger partial charge in [0.05, 0.1) is 0 Å². The van der Waals surface area contributed by atoms with Crippen LogP contribution in [-0.2, 0) is 11.8 Å². The van der Waals surface area contributed by atoms with Crippen molar-refractivity contribution in [3.63, 3.8) is 0 Å². The zero-order valence-corrected chi connectivity index (χ0v) is 9.76. The van der Waals surface area contributed by atoms with E-state index < -0.39 is 6.17 Å². The maximum atomic E-state index is 13.0. The number of hydrogen-bond donors (Lipinski definition) is 1. The summed E-state index contributed by atoms with van der Waals surface area (Å²) >= 11 is 0. The molecule has 2 heteroatoms. The quantitative estimate of drug-likeness (QED) is 0.814. The highest BCUT2D eigenvalue weighted by Gasteiger charge is 2.13. The third-order valence-electron chi connectivity index (χ3n) is 2.53. The zero-order valence-electron chi connectivity index (χ0n) is 9.76. The lowest BCUT2D eigenvalue weighted by Gasteiger charge is -2.19. The maximum absolute atomic E-state index is 13.0. The van der Waals surface area contributed by atoms with Gasteiger partial charge in [-0.05, 0) is 16.5 Å². The summed E-state index contributed by atoms with van der Waals surface area (Å²) < 4.78 is 13.0. The van der Waals surface area contributed by atoms with Gasteiger partial charge in [-0.3, -0.25) is 0 Å². The molecular formula is C13H20FN. The highest BCUT2D eigenvalue weighted by molar-refractivity contribution is 5.27. The van der Waals surface area contributed by atoms with Crippen molar-refractivity contribution in [2.75, 3.05) is 6.54 Å². The Labute approximate surface area is 91.5 Å². The van der Waals surface area contributed by atoms with Crippen LogP contribution in [-0.4, -0.2) is 12.7 Å². The molecule has 0 radical (unpaired) electrons. The predicted octanol–water partition coefficient (Wildman–Crippen LogP) is 2.82. The van der Waals surface area contributed by atoms with Gasteiger partial charge in [-0.2, -0.15) is 0 Å². The molecule has 0 aliphatic heterocycles. The van der Waals surface area contributed by atoms with Crippen molar-refractivity contribution >= 4 is 0 Å². The minimum Gasteiger partial charge on any atom is -0.328 e. The summed E-state index contributed by atoms with van der Waals surface area (Å²) in [6.07, 6.45) is -0.508. The van der Waals surface area contributed by atoms with Gasteiger partial charge in [-0.1, -0.05) is 45.0 Å². The second-order valence-corrected chi connectivity index (χ2v) is 4.98.